The van der Waals surface area contributed by atoms with E-state index in [-0.39, 0.29) is 24.8 Å². The van der Waals surface area contributed by atoms with E-state index in [0.29, 0.717) is 18.8 Å². The van der Waals surface area contributed by atoms with Crippen molar-refractivity contribution < 1.29 is 14.1 Å². The molecule has 1 aliphatic heterocycles. The Kier molecular flexibility index (Phi) is 4.63. The third-order valence-corrected chi connectivity index (χ3v) is 3.31. The van der Waals surface area contributed by atoms with Gasteiger partial charge < -0.3 is 11.1 Å². The number of nitrogens with zero attached hydrogens (tertiary/aromatic N) is 3. The largest absolute Gasteiger partial charge is 0.369 e. The standard InChI is InChI=1S/C12H16FN5O3/c13-8-3-10(17(6-8)7-11(14)19)5-16-12-2-1-9(4-15-12)18(20)21/h1-2,4,8,10H,3,5-7H2,(H2,14,19)(H,15,16)/t8-,10-/m0/s1. The van der Waals surface area contributed by atoms with Crippen LogP contribution in [0.25, 0.3) is 0 Å². The molecule has 1 aromatic rings. The van der Waals surface area contributed by atoms with Gasteiger partial charge in [0.05, 0.1) is 11.5 Å². The molecule has 9 heteroatoms. The number of aromatic nitrogens is 1. The summed E-state index contributed by atoms with van der Waals surface area (Å²) in [6.45, 7) is 0.585. The van der Waals surface area contributed by atoms with Gasteiger partial charge in [0.1, 0.15) is 18.2 Å². The minimum absolute atomic E-state index is 0.0143. The summed E-state index contributed by atoms with van der Waals surface area (Å²) in [7, 11) is 0. The number of anilines is 1. The van der Waals surface area contributed by atoms with Gasteiger partial charge in [-0.25, -0.2) is 9.37 Å². The van der Waals surface area contributed by atoms with Crippen LogP contribution in [0.2, 0.25) is 0 Å². The van der Waals surface area contributed by atoms with Gasteiger partial charge in [-0.1, -0.05) is 0 Å². The second-order valence-corrected chi connectivity index (χ2v) is 4.92. The van der Waals surface area contributed by atoms with Gasteiger partial charge in [-0.15, -0.1) is 0 Å². The molecule has 0 radical (unpaired) electrons. The number of carbonyl (C=O) groups excluding carboxylic acids is 1. The van der Waals surface area contributed by atoms with Crippen LogP contribution in [-0.4, -0.2) is 52.6 Å². The van der Waals surface area contributed by atoms with E-state index in [0.717, 1.165) is 6.20 Å². The first-order valence-corrected chi connectivity index (χ1v) is 6.46. The number of nitro groups is 1. The maximum Gasteiger partial charge on any atom is 0.287 e. The van der Waals surface area contributed by atoms with Crippen LogP contribution in [0, 0.1) is 10.1 Å². The van der Waals surface area contributed by atoms with E-state index < -0.39 is 17.0 Å². The molecule has 0 spiro atoms. The molecule has 2 rings (SSSR count). The van der Waals surface area contributed by atoms with Crippen molar-refractivity contribution in [3.63, 3.8) is 0 Å². The first kappa shape index (κ1) is 15.1. The minimum atomic E-state index is -0.985. The molecule has 1 aliphatic rings. The van der Waals surface area contributed by atoms with Crippen molar-refractivity contribution in [2.45, 2.75) is 18.6 Å². The Labute approximate surface area is 120 Å². The zero-order valence-corrected chi connectivity index (χ0v) is 11.2. The van der Waals surface area contributed by atoms with Crippen LogP contribution in [0.1, 0.15) is 6.42 Å². The van der Waals surface area contributed by atoms with Crippen molar-refractivity contribution in [1.29, 1.82) is 0 Å². The number of halogens is 1. The van der Waals surface area contributed by atoms with Gasteiger partial charge >= 0.3 is 0 Å². The summed E-state index contributed by atoms with van der Waals surface area (Å²) >= 11 is 0. The third kappa shape index (κ3) is 4.09. The van der Waals surface area contributed by atoms with E-state index in [1.807, 2.05) is 0 Å². The highest BCUT2D eigenvalue weighted by atomic mass is 19.1. The lowest BCUT2D eigenvalue weighted by molar-refractivity contribution is -0.385. The maximum absolute atomic E-state index is 13.4. The molecule has 21 heavy (non-hydrogen) atoms. The fourth-order valence-electron chi connectivity index (χ4n) is 2.35. The van der Waals surface area contributed by atoms with Crippen LogP contribution in [0.4, 0.5) is 15.9 Å². The zero-order valence-electron chi connectivity index (χ0n) is 11.2. The Balaban J connectivity index is 1.91. The quantitative estimate of drug-likeness (QED) is 0.576. The molecule has 1 saturated heterocycles. The molecule has 0 saturated carbocycles. The number of hydrogen-bond donors (Lipinski definition) is 2. The molecule has 1 amide bonds. The van der Waals surface area contributed by atoms with E-state index in [2.05, 4.69) is 10.3 Å². The van der Waals surface area contributed by atoms with Gasteiger partial charge in [0.15, 0.2) is 0 Å². The van der Waals surface area contributed by atoms with Crippen LogP contribution in [0.3, 0.4) is 0 Å². The number of hydrogen-bond acceptors (Lipinski definition) is 6. The summed E-state index contributed by atoms with van der Waals surface area (Å²) in [5, 5.41) is 13.5. The Hall–Kier alpha value is -2.29. The lowest BCUT2D eigenvalue weighted by atomic mass is 10.2. The summed E-state index contributed by atoms with van der Waals surface area (Å²) < 4.78 is 13.4. The lowest BCUT2D eigenvalue weighted by Crippen LogP contribution is -2.40. The van der Waals surface area contributed by atoms with Gasteiger partial charge in [-0.3, -0.25) is 19.8 Å². The van der Waals surface area contributed by atoms with E-state index in [4.69, 9.17) is 5.73 Å². The minimum Gasteiger partial charge on any atom is -0.369 e. The summed E-state index contributed by atoms with van der Waals surface area (Å²) in [6, 6.07) is 2.66. The molecular weight excluding hydrogens is 281 g/mol. The Morgan fingerprint density at radius 2 is 2.38 bits per heavy atom. The van der Waals surface area contributed by atoms with E-state index in [1.54, 1.807) is 4.90 Å². The maximum atomic E-state index is 13.4. The Bertz CT molecular complexity index is 524. The molecule has 114 valence electrons. The number of nitrogens with two attached hydrogens (primary N) is 1. The molecule has 0 unspecified atom stereocenters. The third-order valence-electron chi connectivity index (χ3n) is 3.31. The second kappa shape index (κ2) is 6.44. The second-order valence-electron chi connectivity index (χ2n) is 4.92. The Morgan fingerprint density at radius 3 is 2.95 bits per heavy atom. The van der Waals surface area contributed by atoms with Crippen molar-refractivity contribution in [2.75, 3.05) is 25.0 Å². The molecule has 0 bridgehead atoms. The van der Waals surface area contributed by atoms with Crippen molar-refractivity contribution in [1.82, 2.24) is 9.88 Å². The highest BCUT2D eigenvalue weighted by Crippen LogP contribution is 2.20. The average Bonchev–Trinajstić information content (AvgIpc) is 2.76. The first-order chi connectivity index (χ1) is 9.95. The average molecular weight is 297 g/mol. The SMILES string of the molecule is NC(=O)CN1C[C@@H](F)C[C@H]1CNc1ccc([N+](=O)[O-])cn1. The van der Waals surface area contributed by atoms with Gasteiger partial charge in [0.2, 0.25) is 5.91 Å². The fourth-order valence-corrected chi connectivity index (χ4v) is 2.35. The molecule has 2 heterocycles. The summed E-state index contributed by atoms with van der Waals surface area (Å²) in [5.41, 5.74) is 5.04. The van der Waals surface area contributed by atoms with E-state index in [9.17, 15) is 19.3 Å². The van der Waals surface area contributed by atoms with Gasteiger partial charge in [0.25, 0.3) is 5.69 Å². The number of primary amides is 1. The van der Waals surface area contributed by atoms with Crippen LogP contribution in [0.5, 0.6) is 0 Å². The predicted molar refractivity (Wildman–Crippen MR) is 73.4 cm³/mol. The highest BCUT2D eigenvalue weighted by molar-refractivity contribution is 5.76. The van der Waals surface area contributed by atoms with Crippen LogP contribution >= 0.6 is 0 Å². The van der Waals surface area contributed by atoms with Crippen molar-refractivity contribution in [3.8, 4) is 0 Å². The van der Waals surface area contributed by atoms with Gasteiger partial charge in [-0.2, -0.15) is 0 Å². The Morgan fingerprint density at radius 1 is 1.62 bits per heavy atom. The fraction of sp³-hybridized carbons (Fsp3) is 0.500. The molecule has 0 aromatic carbocycles. The van der Waals surface area contributed by atoms with Crippen LogP contribution in [0.15, 0.2) is 18.3 Å². The molecule has 8 nitrogen and oxygen atoms in total. The monoisotopic (exact) mass is 297 g/mol. The number of amides is 1. The topological polar surface area (TPSA) is 114 Å². The van der Waals surface area contributed by atoms with E-state index >= 15 is 0 Å². The van der Waals surface area contributed by atoms with Gasteiger partial charge in [-0.05, 0) is 12.5 Å². The number of likely N-dealkylation sites (tertiary alicyclic amines) is 1. The number of pyridine rings is 1. The number of alkyl halides is 1. The predicted octanol–water partition coefficient (Wildman–Crippen LogP) is 0.299. The first-order valence-electron chi connectivity index (χ1n) is 6.46. The van der Waals surface area contributed by atoms with Crippen molar-refractivity contribution >= 4 is 17.4 Å². The molecule has 0 aliphatic carbocycles. The highest BCUT2D eigenvalue weighted by Gasteiger charge is 2.32. The summed E-state index contributed by atoms with van der Waals surface area (Å²) in [4.78, 5) is 26.5. The number of rotatable bonds is 6. The number of carbonyl (C=O) groups is 1. The van der Waals surface area contributed by atoms with Gasteiger partial charge in [0, 0.05) is 25.2 Å². The zero-order chi connectivity index (χ0) is 15.4. The molecule has 3 N–H and O–H groups in total. The van der Waals surface area contributed by atoms with Crippen molar-refractivity contribution in [2.24, 2.45) is 5.73 Å². The molecule has 2 atom stereocenters. The molecular formula is C12H16FN5O3. The van der Waals surface area contributed by atoms with Crippen LogP contribution in [-0.2, 0) is 4.79 Å². The molecule has 1 aromatic heterocycles. The summed E-state index contributed by atoms with van der Waals surface area (Å²) in [5.74, 6) is -0.0375. The smallest absolute Gasteiger partial charge is 0.287 e. The normalized spacial score (nSPS) is 22.1. The van der Waals surface area contributed by atoms with Crippen molar-refractivity contribution in [3.05, 3.63) is 28.4 Å². The number of nitrogens with one attached hydrogen (secondary N) is 1. The van der Waals surface area contributed by atoms with Crippen LogP contribution < -0.4 is 11.1 Å². The van der Waals surface area contributed by atoms with E-state index in [1.165, 1.54) is 12.1 Å². The lowest BCUT2D eigenvalue weighted by Gasteiger charge is -2.22. The molecule has 1 fully saturated rings. The summed E-state index contributed by atoms with van der Waals surface area (Å²) in [6.07, 6.45) is 0.476.